The normalized spacial score (nSPS) is 11.2. The zero-order valence-electron chi connectivity index (χ0n) is 15.1. The van der Waals surface area contributed by atoms with E-state index in [1.807, 2.05) is 12.1 Å². The first-order chi connectivity index (χ1) is 12.8. The van der Waals surface area contributed by atoms with Crippen molar-refractivity contribution in [1.82, 2.24) is 0 Å². The van der Waals surface area contributed by atoms with Crippen LogP contribution in [-0.4, -0.2) is 73.3 Å². The summed E-state index contributed by atoms with van der Waals surface area (Å²) < 4.78 is 21.7. The number of aliphatic hydroxyl groups excluding tert-OH is 4. The first-order valence-electron chi connectivity index (χ1n) is 8.64. The molecule has 0 unspecified atom stereocenters. The second-order valence-corrected chi connectivity index (χ2v) is 5.49. The smallest absolute Gasteiger partial charge is 0.0721 e. The zero-order chi connectivity index (χ0) is 19.0. The van der Waals surface area contributed by atoms with Gasteiger partial charge in [0.2, 0.25) is 0 Å². The summed E-state index contributed by atoms with van der Waals surface area (Å²) in [5.41, 5.74) is 3.57. The third-order valence-electron chi connectivity index (χ3n) is 3.49. The van der Waals surface area contributed by atoms with Crippen molar-refractivity contribution in [3.63, 3.8) is 0 Å². The van der Waals surface area contributed by atoms with Crippen molar-refractivity contribution < 1.29 is 39.4 Å². The second-order valence-electron chi connectivity index (χ2n) is 5.49. The van der Waals surface area contributed by atoms with E-state index in [-0.39, 0.29) is 52.9 Å². The lowest BCUT2D eigenvalue weighted by molar-refractivity contribution is 0.0668. The van der Waals surface area contributed by atoms with Gasteiger partial charge in [-0.25, -0.2) is 0 Å². The van der Waals surface area contributed by atoms with Gasteiger partial charge in [0.1, 0.15) is 0 Å². The molecule has 0 bridgehead atoms. The molecule has 0 spiro atoms. The maximum Gasteiger partial charge on any atom is 0.0721 e. The summed E-state index contributed by atoms with van der Waals surface area (Å²) in [6, 6.07) is 3.87. The molecule has 0 fully saturated rings. The Labute approximate surface area is 153 Å². The van der Waals surface area contributed by atoms with Crippen LogP contribution in [0.5, 0.6) is 0 Å². The first kappa shape index (κ1) is 22.9. The van der Waals surface area contributed by atoms with Crippen molar-refractivity contribution >= 4 is 0 Å². The van der Waals surface area contributed by atoms with Gasteiger partial charge in [0.05, 0.1) is 79.3 Å². The highest BCUT2D eigenvalue weighted by atomic mass is 16.5. The van der Waals surface area contributed by atoms with E-state index in [2.05, 4.69) is 0 Å². The van der Waals surface area contributed by atoms with Gasteiger partial charge in [-0.1, -0.05) is 12.1 Å². The Kier molecular flexibility index (Phi) is 13.2. The maximum absolute atomic E-state index is 8.89. The molecule has 0 amide bonds. The minimum absolute atomic E-state index is 0.0596. The van der Waals surface area contributed by atoms with Crippen LogP contribution in [-0.2, 0) is 45.4 Å². The van der Waals surface area contributed by atoms with E-state index >= 15 is 0 Å². The Hall–Kier alpha value is -1.10. The molecule has 4 N–H and O–H groups in total. The average Bonchev–Trinajstić information content (AvgIpc) is 2.64. The van der Waals surface area contributed by atoms with Crippen LogP contribution in [0.15, 0.2) is 12.1 Å². The molecule has 8 nitrogen and oxygen atoms in total. The lowest BCUT2D eigenvalue weighted by Crippen LogP contribution is -2.10. The van der Waals surface area contributed by atoms with Crippen LogP contribution in [0.25, 0.3) is 0 Å². The van der Waals surface area contributed by atoms with Gasteiger partial charge in [-0.3, -0.25) is 0 Å². The first-order valence-corrected chi connectivity index (χ1v) is 8.64. The van der Waals surface area contributed by atoms with Gasteiger partial charge in [-0.2, -0.15) is 0 Å². The van der Waals surface area contributed by atoms with Crippen molar-refractivity contribution in [2.24, 2.45) is 0 Å². The number of benzene rings is 1. The molecule has 0 heterocycles. The molecule has 0 aliphatic heterocycles. The summed E-state index contributed by atoms with van der Waals surface area (Å²) in [5.74, 6) is 0. The molecule has 26 heavy (non-hydrogen) atoms. The minimum atomic E-state index is -0.0596. The van der Waals surface area contributed by atoms with Crippen LogP contribution in [0.4, 0.5) is 0 Å². The minimum Gasteiger partial charge on any atom is -0.394 e. The quantitative estimate of drug-likeness (QED) is 0.292. The average molecular weight is 374 g/mol. The molecule has 0 aliphatic carbocycles. The monoisotopic (exact) mass is 374 g/mol. The number of hydrogen-bond acceptors (Lipinski definition) is 8. The molecule has 0 aromatic heterocycles. The van der Waals surface area contributed by atoms with Crippen molar-refractivity contribution in [2.45, 2.75) is 26.4 Å². The van der Waals surface area contributed by atoms with E-state index in [9.17, 15) is 0 Å². The number of aliphatic hydroxyl groups is 4. The Bertz CT molecular complexity index is 398. The van der Waals surface area contributed by atoms with Crippen LogP contribution in [0.1, 0.15) is 22.3 Å². The summed E-state index contributed by atoms with van der Waals surface area (Å²) in [4.78, 5) is 0. The molecule has 0 radical (unpaired) electrons. The highest BCUT2D eigenvalue weighted by Crippen LogP contribution is 2.21. The van der Waals surface area contributed by atoms with Crippen LogP contribution >= 0.6 is 0 Å². The molecular weight excluding hydrogens is 344 g/mol. The van der Waals surface area contributed by atoms with E-state index < -0.39 is 0 Å². The van der Waals surface area contributed by atoms with Crippen molar-refractivity contribution in [2.75, 3.05) is 52.9 Å². The van der Waals surface area contributed by atoms with Crippen LogP contribution < -0.4 is 0 Å². The van der Waals surface area contributed by atoms with Gasteiger partial charge in [0, 0.05) is 0 Å². The van der Waals surface area contributed by atoms with Gasteiger partial charge in [0.15, 0.2) is 0 Å². The molecule has 0 atom stereocenters. The predicted octanol–water partition coefficient (Wildman–Crippen LogP) is -0.278. The van der Waals surface area contributed by atoms with E-state index in [1.165, 1.54) is 0 Å². The van der Waals surface area contributed by atoms with Crippen molar-refractivity contribution in [3.05, 3.63) is 34.4 Å². The Morgan fingerprint density at radius 3 is 0.885 bits per heavy atom. The molecule has 150 valence electrons. The zero-order valence-corrected chi connectivity index (χ0v) is 15.1. The van der Waals surface area contributed by atoms with Gasteiger partial charge < -0.3 is 39.4 Å². The molecule has 1 aromatic carbocycles. The standard InChI is InChI=1S/C18H30O8/c19-1-5-23-11-15-9-17(13-25-7-3-21)18(14-26-8-4-22)10-16(15)12-24-6-2-20/h9-10,19-22H,1-8,11-14H2. The third-order valence-corrected chi connectivity index (χ3v) is 3.49. The SMILES string of the molecule is OCCOCc1cc(COCCO)c(COCCO)cc1COCCO. The summed E-state index contributed by atoms with van der Waals surface area (Å²) in [6.07, 6.45) is 0. The van der Waals surface area contributed by atoms with E-state index in [0.29, 0.717) is 26.4 Å². The Morgan fingerprint density at radius 1 is 0.462 bits per heavy atom. The molecular formula is C18H30O8. The third kappa shape index (κ3) is 9.02. The fourth-order valence-electron chi connectivity index (χ4n) is 2.32. The maximum atomic E-state index is 8.89. The molecule has 0 saturated carbocycles. The highest BCUT2D eigenvalue weighted by molar-refractivity contribution is 5.38. The van der Waals surface area contributed by atoms with Gasteiger partial charge >= 0.3 is 0 Å². The molecule has 0 aliphatic rings. The molecule has 1 rings (SSSR count). The second kappa shape index (κ2) is 15.0. The lowest BCUT2D eigenvalue weighted by Gasteiger charge is -2.17. The summed E-state index contributed by atoms with van der Waals surface area (Å²) in [6.45, 7) is 1.92. The summed E-state index contributed by atoms with van der Waals surface area (Å²) in [5, 5.41) is 35.6. The fraction of sp³-hybridized carbons (Fsp3) is 0.667. The van der Waals surface area contributed by atoms with Crippen LogP contribution in [0.3, 0.4) is 0 Å². The van der Waals surface area contributed by atoms with Gasteiger partial charge in [-0.15, -0.1) is 0 Å². The highest BCUT2D eigenvalue weighted by Gasteiger charge is 2.12. The molecule has 8 heteroatoms. The van der Waals surface area contributed by atoms with Gasteiger partial charge in [0.25, 0.3) is 0 Å². The van der Waals surface area contributed by atoms with Crippen molar-refractivity contribution in [1.29, 1.82) is 0 Å². The van der Waals surface area contributed by atoms with E-state index in [1.54, 1.807) is 0 Å². The summed E-state index contributed by atoms with van der Waals surface area (Å²) in [7, 11) is 0. The topological polar surface area (TPSA) is 118 Å². The largest absolute Gasteiger partial charge is 0.394 e. The molecule has 1 aromatic rings. The summed E-state index contributed by atoms with van der Waals surface area (Å²) >= 11 is 0. The number of hydrogen-bond donors (Lipinski definition) is 4. The Morgan fingerprint density at radius 2 is 0.692 bits per heavy atom. The number of ether oxygens (including phenoxy) is 4. The van der Waals surface area contributed by atoms with Crippen LogP contribution in [0, 0.1) is 0 Å². The fourth-order valence-corrected chi connectivity index (χ4v) is 2.32. The van der Waals surface area contributed by atoms with Crippen LogP contribution in [0.2, 0.25) is 0 Å². The lowest BCUT2D eigenvalue weighted by atomic mass is 9.99. The van der Waals surface area contributed by atoms with Gasteiger partial charge in [-0.05, 0) is 22.3 Å². The van der Waals surface area contributed by atoms with E-state index in [4.69, 9.17) is 39.4 Å². The van der Waals surface area contributed by atoms with E-state index in [0.717, 1.165) is 22.3 Å². The predicted molar refractivity (Wildman–Crippen MR) is 93.4 cm³/mol. The molecule has 0 saturated heterocycles. The Balaban J connectivity index is 2.98. The number of rotatable bonds is 16. The van der Waals surface area contributed by atoms with Crippen molar-refractivity contribution in [3.8, 4) is 0 Å².